The zero-order valence-electron chi connectivity index (χ0n) is 11.1. The molecule has 19 heavy (non-hydrogen) atoms. The number of nitrogens with zero attached hydrogens (tertiary/aromatic N) is 1. The van der Waals surface area contributed by atoms with Crippen LogP contribution in [-0.4, -0.2) is 59.0 Å². The number of hydrogen-bond donors (Lipinski definition) is 1. The molecule has 1 N–H and O–H groups in total. The maximum absolute atomic E-state index is 11.4. The third kappa shape index (κ3) is 4.49. The van der Waals surface area contributed by atoms with E-state index in [2.05, 4.69) is 16.3 Å². The van der Waals surface area contributed by atoms with Crippen LogP contribution in [0.5, 0.6) is 0 Å². The van der Waals surface area contributed by atoms with E-state index in [4.69, 9.17) is 4.74 Å². The highest BCUT2D eigenvalue weighted by Crippen LogP contribution is 2.14. The van der Waals surface area contributed by atoms with Gasteiger partial charge in [-0.15, -0.1) is 0 Å². The summed E-state index contributed by atoms with van der Waals surface area (Å²) in [7, 11) is -3.16. The number of anilines is 1. The van der Waals surface area contributed by atoms with Gasteiger partial charge in [-0.1, -0.05) is 6.07 Å². The van der Waals surface area contributed by atoms with Gasteiger partial charge in [-0.2, -0.15) is 0 Å². The van der Waals surface area contributed by atoms with Crippen molar-refractivity contribution in [3.05, 3.63) is 24.3 Å². The van der Waals surface area contributed by atoms with Gasteiger partial charge in [-0.3, -0.25) is 4.90 Å². The Kier molecular flexibility index (Phi) is 4.79. The van der Waals surface area contributed by atoms with Crippen molar-refractivity contribution in [1.82, 2.24) is 4.90 Å². The Morgan fingerprint density at radius 2 is 2.16 bits per heavy atom. The van der Waals surface area contributed by atoms with Crippen molar-refractivity contribution < 1.29 is 13.2 Å². The summed E-state index contributed by atoms with van der Waals surface area (Å²) < 4.78 is 28.2. The Bertz CT molecular complexity index is 510. The van der Waals surface area contributed by atoms with Crippen molar-refractivity contribution in [3.8, 4) is 0 Å². The van der Waals surface area contributed by atoms with Gasteiger partial charge in [0.1, 0.15) is 0 Å². The first kappa shape index (κ1) is 14.3. The van der Waals surface area contributed by atoms with Gasteiger partial charge in [0.2, 0.25) is 0 Å². The lowest BCUT2D eigenvalue weighted by molar-refractivity contribution is 0.0398. The molecule has 2 rings (SSSR count). The molecule has 0 saturated carbocycles. The van der Waals surface area contributed by atoms with Gasteiger partial charge in [-0.05, 0) is 12.1 Å². The molecular formula is C13H19N2O3S. The van der Waals surface area contributed by atoms with Crippen LogP contribution in [0.1, 0.15) is 0 Å². The Hall–Kier alpha value is -1.11. The lowest BCUT2D eigenvalue weighted by Crippen LogP contribution is -2.39. The summed E-state index contributed by atoms with van der Waals surface area (Å²) >= 11 is 0. The molecule has 0 atom stereocenters. The van der Waals surface area contributed by atoms with E-state index in [0.29, 0.717) is 4.90 Å². The minimum atomic E-state index is -3.16. The van der Waals surface area contributed by atoms with Gasteiger partial charge in [-0.25, -0.2) is 8.42 Å². The van der Waals surface area contributed by atoms with Gasteiger partial charge >= 0.3 is 0 Å². The number of sulfone groups is 1. The number of rotatable bonds is 5. The monoisotopic (exact) mass is 283 g/mol. The molecule has 1 radical (unpaired) electrons. The number of benzene rings is 1. The molecule has 0 unspecified atom stereocenters. The summed E-state index contributed by atoms with van der Waals surface area (Å²) in [5.74, 6) is 0. The van der Waals surface area contributed by atoms with Crippen LogP contribution in [0.3, 0.4) is 0 Å². The standard InChI is InChI=1S/C13H19N2O3S/c1-19(16,17)13-4-2-3-12(11-13)14-5-6-15-7-9-18-10-8-15/h2,4,11,14H,5-10H2,1H3. The number of morpholine rings is 1. The van der Waals surface area contributed by atoms with E-state index in [-0.39, 0.29) is 0 Å². The van der Waals surface area contributed by atoms with Crippen LogP contribution in [0.4, 0.5) is 5.69 Å². The summed E-state index contributed by atoms with van der Waals surface area (Å²) in [4.78, 5) is 2.64. The van der Waals surface area contributed by atoms with Crippen molar-refractivity contribution >= 4 is 15.5 Å². The number of ether oxygens (including phenoxy) is 1. The van der Waals surface area contributed by atoms with Crippen LogP contribution in [0.2, 0.25) is 0 Å². The number of nitrogens with one attached hydrogen (secondary N) is 1. The Balaban J connectivity index is 1.85. The molecule has 0 aromatic heterocycles. The summed E-state index contributed by atoms with van der Waals surface area (Å²) in [5.41, 5.74) is 0.719. The molecule has 1 heterocycles. The van der Waals surface area contributed by atoms with E-state index in [9.17, 15) is 8.42 Å². The van der Waals surface area contributed by atoms with E-state index in [1.54, 1.807) is 18.2 Å². The Morgan fingerprint density at radius 3 is 2.84 bits per heavy atom. The first-order valence-electron chi connectivity index (χ1n) is 6.31. The average Bonchev–Trinajstić information content (AvgIpc) is 2.39. The second kappa shape index (κ2) is 6.36. The smallest absolute Gasteiger partial charge is 0.175 e. The molecule has 6 heteroatoms. The second-order valence-corrected chi connectivity index (χ2v) is 6.61. The van der Waals surface area contributed by atoms with Crippen molar-refractivity contribution in [3.63, 3.8) is 0 Å². The first-order valence-corrected chi connectivity index (χ1v) is 8.20. The minimum absolute atomic E-state index is 0.320. The molecule has 1 fully saturated rings. The molecule has 0 amide bonds. The Morgan fingerprint density at radius 1 is 1.42 bits per heavy atom. The van der Waals surface area contributed by atoms with Crippen LogP contribution in [0.15, 0.2) is 23.1 Å². The van der Waals surface area contributed by atoms with E-state index in [0.717, 1.165) is 45.1 Å². The predicted molar refractivity (Wildman–Crippen MR) is 74.1 cm³/mol. The zero-order chi connectivity index (χ0) is 13.7. The lowest BCUT2D eigenvalue weighted by atomic mass is 10.3. The Labute approximate surface area is 114 Å². The molecule has 5 nitrogen and oxygen atoms in total. The van der Waals surface area contributed by atoms with Gasteiger partial charge in [0.25, 0.3) is 0 Å². The second-order valence-electron chi connectivity index (χ2n) is 4.59. The number of hydrogen-bond acceptors (Lipinski definition) is 5. The SMILES string of the molecule is CS(=O)(=O)c1cc[c]c(NCCN2CCOCC2)c1. The van der Waals surface area contributed by atoms with Gasteiger partial charge < -0.3 is 10.1 Å². The highest BCUT2D eigenvalue weighted by atomic mass is 32.2. The van der Waals surface area contributed by atoms with Crippen LogP contribution in [-0.2, 0) is 14.6 Å². The topological polar surface area (TPSA) is 58.6 Å². The largest absolute Gasteiger partial charge is 0.383 e. The average molecular weight is 283 g/mol. The molecule has 1 saturated heterocycles. The molecule has 0 bridgehead atoms. The highest BCUT2D eigenvalue weighted by molar-refractivity contribution is 7.90. The molecule has 0 spiro atoms. The molecule has 1 aliphatic rings. The van der Waals surface area contributed by atoms with Crippen molar-refractivity contribution in [2.75, 3.05) is 51.0 Å². The van der Waals surface area contributed by atoms with E-state index >= 15 is 0 Å². The summed E-state index contributed by atoms with van der Waals surface area (Å²) in [6, 6.07) is 7.81. The normalized spacial score (nSPS) is 17.3. The molecule has 105 valence electrons. The maximum atomic E-state index is 11.4. The molecule has 1 aromatic carbocycles. The predicted octanol–water partition coefficient (Wildman–Crippen LogP) is 0.634. The van der Waals surface area contributed by atoms with Crippen LogP contribution in [0.25, 0.3) is 0 Å². The van der Waals surface area contributed by atoms with Gasteiger partial charge in [0, 0.05) is 44.2 Å². The fourth-order valence-corrected chi connectivity index (χ4v) is 2.60. The molecule has 1 aliphatic heterocycles. The highest BCUT2D eigenvalue weighted by Gasteiger charge is 2.10. The van der Waals surface area contributed by atoms with E-state index < -0.39 is 9.84 Å². The van der Waals surface area contributed by atoms with Gasteiger partial charge in [0.05, 0.1) is 18.1 Å². The lowest BCUT2D eigenvalue weighted by Gasteiger charge is -2.26. The van der Waals surface area contributed by atoms with E-state index in [1.807, 2.05) is 0 Å². The van der Waals surface area contributed by atoms with Crippen molar-refractivity contribution in [2.24, 2.45) is 0 Å². The molecule has 0 aliphatic carbocycles. The zero-order valence-corrected chi connectivity index (χ0v) is 11.9. The summed E-state index contributed by atoms with van der Waals surface area (Å²) in [6.07, 6.45) is 1.21. The van der Waals surface area contributed by atoms with Crippen LogP contribution < -0.4 is 5.32 Å². The van der Waals surface area contributed by atoms with Crippen LogP contribution >= 0.6 is 0 Å². The fraction of sp³-hybridized carbons (Fsp3) is 0.538. The minimum Gasteiger partial charge on any atom is -0.383 e. The van der Waals surface area contributed by atoms with Gasteiger partial charge in [0.15, 0.2) is 9.84 Å². The fourth-order valence-electron chi connectivity index (χ4n) is 1.95. The molecular weight excluding hydrogens is 264 g/mol. The maximum Gasteiger partial charge on any atom is 0.175 e. The third-order valence-corrected chi connectivity index (χ3v) is 4.16. The van der Waals surface area contributed by atoms with Crippen LogP contribution in [0, 0.1) is 6.07 Å². The summed E-state index contributed by atoms with van der Waals surface area (Å²) in [5, 5.41) is 3.20. The van der Waals surface area contributed by atoms with Crippen molar-refractivity contribution in [1.29, 1.82) is 0 Å². The van der Waals surface area contributed by atoms with Crippen molar-refractivity contribution in [2.45, 2.75) is 4.90 Å². The first-order chi connectivity index (χ1) is 9.05. The summed E-state index contributed by atoms with van der Waals surface area (Å²) in [6.45, 7) is 5.17. The van der Waals surface area contributed by atoms with E-state index in [1.165, 1.54) is 6.26 Å². The third-order valence-electron chi connectivity index (χ3n) is 3.05. The quantitative estimate of drug-likeness (QED) is 0.859. The molecule has 1 aromatic rings.